The summed E-state index contributed by atoms with van der Waals surface area (Å²) in [6.07, 6.45) is -5.31. The number of hydrogen-bond donors (Lipinski definition) is 7. The number of nitrogens with zero attached hydrogens (tertiary/aromatic N) is 5. The summed E-state index contributed by atoms with van der Waals surface area (Å²) < 4.78 is 40.4. The van der Waals surface area contributed by atoms with Crippen LogP contribution in [0.2, 0.25) is 0 Å². The van der Waals surface area contributed by atoms with E-state index in [0.717, 1.165) is 11.8 Å². The molecule has 0 aliphatic carbocycles. The van der Waals surface area contributed by atoms with E-state index in [9.17, 15) is 39.4 Å². The van der Waals surface area contributed by atoms with Gasteiger partial charge in [-0.05, 0) is 29.8 Å². The van der Waals surface area contributed by atoms with Gasteiger partial charge in [-0.15, -0.1) is 10.8 Å². The van der Waals surface area contributed by atoms with Crippen LogP contribution >= 0.6 is 11.8 Å². The molecular formula is C28H31F2N6O8S-. The summed E-state index contributed by atoms with van der Waals surface area (Å²) in [5, 5.41) is 74.1. The van der Waals surface area contributed by atoms with Crippen molar-refractivity contribution in [2.45, 2.75) is 59.6 Å². The maximum Gasteiger partial charge on any atom is 0.134 e. The number of ether oxygens (including phenoxy) is 2. The molecule has 242 valence electrons. The molecule has 0 saturated carbocycles. The lowest BCUT2D eigenvalue weighted by Gasteiger charge is -2.48. The van der Waals surface area contributed by atoms with Crippen molar-refractivity contribution in [2.75, 3.05) is 13.2 Å². The quantitative estimate of drug-likeness (QED) is 0.170. The van der Waals surface area contributed by atoms with Gasteiger partial charge in [0.2, 0.25) is 0 Å². The van der Waals surface area contributed by atoms with E-state index in [4.69, 9.17) is 9.47 Å². The summed E-state index contributed by atoms with van der Waals surface area (Å²) in [7, 11) is 0. The average molecular weight is 650 g/mol. The van der Waals surface area contributed by atoms with Crippen molar-refractivity contribution in [1.82, 2.24) is 25.5 Å². The Hall–Kier alpha value is -3.23. The molecule has 6 unspecified atom stereocenters. The minimum absolute atomic E-state index is 0.271. The molecule has 3 aromatic rings. The van der Waals surface area contributed by atoms with Gasteiger partial charge in [0.25, 0.3) is 0 Å². The molecule has 4 heterocycles. The van der Waals surface area contributed by atoms with E-state index in [1.165, 1.54) is 58.5 Å². The van der Waals surface area contributed by atoms with Crippen LogP contribution in [0, 0.1) is 11.6 Å². The van der Waals surface area contributed by atoms with Gasteiger partial charge in [0.1, 0.15) is 76.9 Å². The van der Waals surface area contributed by atoms with Gasteiger partial charge in [-0.2, -0.15) is 0 Å². The normalized spacial score (nSPS) is 33.6. The number of aliphatic hydroxyl groups is 6. The van der Waals surface area contributed by atoms with Crippen LogP contribution in [0.25, 0.3) is 22.4 Å². The van der Waals surface area contributed by atoms with Gasteiger partial charge in [-0.3, -0.25) is 0 Å². The molecule has 0 radical (unpaired) electrons. The number of rotatable bonds is 8. The number of thioether (sulfide) groups is 1. The lowest BCUT2D eigenvalue weighted by molar-refractivity contribution is -0.193. The highest BCUT2D eigenvalue weighted by molar-refractivity contribution is 8.00. The largest absolute Gasteiger partial charge is 0.602 e. The Labute approximate surface area is 259 Å². The predicted molar refractivity (Wildman–Crippen MR) is 154 cm³/mol. The fourth-order valence-electron chi connectivity index (χ4n) is 5.58. The van der Waals surface area contributed by atoms with Gasteiger partial charge in [0.05, 0.1) is 19.4 Å². The second-order valence-corrected chi connectivity index (χ2v) is 12.0. The first-order valence-electron chi connectivity index (χ1n) is 14.0. The Bertz CT molecular complexity index is 1520. The second-order valence-electron chi connectivity index (χ2n) is 10.8. The molecule has 2 fully saturated rings. The molecule has 45 heavy (non-hydrogen) atoms. The topological polar surface area (TPSA) is 200 Å². The number of halogens is 2. The first kappa shape index (κ1) is 31.7. The van der Waals surface area contributed by atoms with Crippen LogP contribution in [0.3, 0.4) is 0 Å². The molecule has 17 heteroatoms. The van der Waals surface area contributed by atoms with Gasteiger partial charge in [0, 0.05) is 11.8 Å². The molecule has 3 aliphatic rings. The van der Waals surface area contributed by atoms with E-state index >= 15 is 0 Å². The molecule has 3 aliphatic heterocycles. The number of benzene rings is 2. The Morgan fingerprint density at radius 3 is 2.02 bits per heavy atom. The molecule has 2 aromatic carbocycles. The SMILES string of the molecule is OCC1O[C@@H](SC2O[C@H](CO)C(O)C(n3cc(-c4cccc(F)c4)nn3)[C@H]2O)C(O)C(N2C=C(c3cccc(F)c3)[N-]N2)[C@H]1O. The van der Waals surface area contributed by atoms with Crippen LogP contribution in [0.1, 0.15) is 11.6 Å². The number of aromatic nitrogens is 3. The number of aliphatic hydroxyl groups excluding tert-OH is 6. The number of nitrogens with one attached hydrogen (secondary N) is 1. The summed E-state index contributed by atoms with van der Waals surface area (Å²) in [5.74, 6) is -0.962. The summed E-state index contributed by atoms with van der Waals surface area (Å²) in [6.45, 7) is -1.25. The first-order chi connectivity index (χ1) is 21.7. The Morgan fingerprint density at radius 1 is 0.822 bits per heavy atom. The fraction of sp³-hybridized carbons (Fsp3) is 0.429. The van der Waals surface area contributed by atoms with Crippen molar-refractivity contribution in [1.29, 1.82) is 0 Å². The summed E-state index contributed by atoms with van der Waals surface area (Å²) in [6, 6.07) is 9.02. The standard InChI is InChI=1S/C28H31F2N6O8S/c29-15-5-1-3-13(7-15)17-9-35(33-31-17)21-23(39)19(11-37)43-27(25(21)41)45-28-26(42)22(24(40)20(12-38)44-28)36-10-18(32-34-36)14-4-2-6-16(30)8-14/h1-10,19-28,33,37-42H,11-12H2/q-1/t19?,20-,21?,22?,23+,24?,25?,26-,27+,28?/m1/s1. The highest BCUT2D eigenvalue weighted by Gasteiger charge is 2.52. The second kappa shape index (κ2) is 13.2. The van der Waals surface area contributed by atoms with Crippen molar-refractivity contribution < 1.29 is 48.9 Å². The van der Waals surface area contributed by atoms with Crippen LogP contribution in [0.4, 0.5) is 8.78 Å². The molecule has 6 rings (SSSR count). The molecule has 1 aromatic heterocycles. The van der Waals surface area contributed by atoms with Crippen LogP contribution < -0.4 is 5.53 Å². The van der Waals surface area contributed by atoms with E-state index in [1.54, 1.807) is 12.1 Å². The van der Waals surface area contributed by atoms with E-state index in [2.05, 4.69) is 21.3 Å². The van der Waals surface area contributed by atoms with E-state index in [-0.39, 0.29) is 5.69 Å². The third kappa shape index (κ3) is 6.28. The minimum atomic E-state index is -1.50. The van der Waals surface area contributed by atoms with Gasteiger partial charge in [-0.25, -0.2) is 13.5 Å². The Kier molecular flexibility index (Phi) is 9.34. The fourth-order valence-corrected chi connectivity index (χ4v) is 6.90. The third-order valence-electron chi connectivity index (χ3n) is 7.89. The van der Waals surface area contributed by atoms with Crippen molar-refractivity contribution in [3.63, 3.8) is 0 Å². The highest BCUT2D eigenvalue weighted by Crippen LogP contribution is 2.41. The van der Waals surface area contributed by atoms with Gasteiger partial charge in [0.15, 0.2) is 0 Å². The smallest absolute Gasteiger partial charge is 0.134 e. The zero-order valence-electron chi connectivity index (χ0n) is 23.4. The van der Waals surface area contributed by atoms with Crippen molar-refractivity contribution >= 4 is 17.5 Å². The minimum Gasteiger partial charge on any atom is -0.602 e. The monoisotopic (exact) mass is 649 g/mol. The lowest BCUT2D eigenvalue weighted by Crippen LogP contribution is -2.64. The maximum atomic E-state index is 13.8. The van der Waals surface area contributed by atoms with Gasteiger partial charge >= 0.3 is 0 Å². The summed E-state index contributed by atoms with van der Waals surface area (Å²) in [5.41, 5.74) is 5.87. The van der Waals surface area contributed by atoms with Crippen LogP contribution in [0.5, 0.6) is 0 Å². The van der Waals surface area contributed by atoms with Gasteiger partial charge in [-0.1, -0.05) is 41.2 Å². The molecule has 7 N–H and O–H groups in total. The Balaban J connectivity index is 1.23. The molecule has 0 bridgehead atoms. The molecule has 0 spiro atoms. The summed E-state index contributed by atoms with van der Waals surface area (Å²) in [4.78, 5) is 0. The van der Waals surface area contributed by atoms with E-state index in [0.29, 0.717) is 16.8 Å². The highest BCUT2D eigenvalue weighted by atomic mass is 32.2. The molecular weight excluding hydrogens is 618 g/mol. The van der Waals surface area contributed by atoms with Crippen molar-refractivity contribution in [3.8, 4) is 11.3 Å². The molecule has 10 atom stereocenters. The van der Waals surface area contributed by atoms with Crippen molar-refractivity contribution in [2.24, 2.45) is 0 Å². The predicted octanol–water partition coefficient (Wildman–Crippen LogP) is -0.148. The maximum absolute atomic E-state index is 13.8. The van der Waals surface area contributed by atoms with E-state index < -0.39 is 84.4 Å². The van der Waals surface area contributed by atoms with Crippen LogP contribution in [-0.2, 0) is 9.47 Å². The molecule has 0 amide bonds. The zero-order valence-corrected chi connectivity index (χ0v) is 24.2. The first-order valence-corrected chi connectivity index (χ1v) is 14.9. The number of hydrazine groups is 1. The average Bonchev–Trinajstić information content (AvgIpc) is 3.71. The Morgan fingerprint density at radius 2 is 1.40 bits per heavy atom. The third-order valence-corrected chi connectivity index (χ3v) is 9.21. The zero-order chi connectivity index (χ0) is 31.8. The van der Waals surface area contributed by atoms with Gasteiger partial charge < -0.3 is 56.1 Å². The van der Waals surface area contributed by atoms with Crippen LogP contribution in [-0.4, -0.2) is 117 Å². The number of hydrogen-bond acceptors (Lipinski definition) is 13. The van der Waals surface area contributed by atoms with Crippen LogP contribution in [0.15, 0.2) is 60.9 Å². The van der Waals surface area contributed by atoms with E-state index in [1.807, 2.05) is 0 Å². The summed E-state index contributed by atoms with van der Waals surface area (Å²) >= 11 is 0.810. The molecule has 2 saturated heterocycles. The molecule has 14 nitrogen and oxygen atoms in total. The van der Waals surface area contributed by atoms with Crippen molar-refractivity contribution in [3.05, 3.63) is 83.6 Å². The lowest BCUT2D eigenvalue weighted by atomic mass is 9.96.